The zero-order valence-electron chi connectivity index (χ0n) is 11.1. The summed E-state index contributed by atoms with van der Waals surface area (Å²) in [5.41, 5.74) is 0.210. The second-order valence-corrected chi connectivity index (χ2v) is 5.58. The first-order valence-corrected chi connectivity index (χ1v) is 6.93. The van der Waals surface area contributed by atoms with Crippen molar-refractivity contribution in [1.82, 2.24) is 5.32 Å². The lowest BCUT2D eigenvalue weighted by molar-refractivity contribution is 0.0698. The van der Waals surface area contributed by atoms with Crippen molar-refractivity contribution in [3.63, 3.8) is 0 Å². The zero-order valence-corrected chi connectivity index (χ0v) is 11.9. The molecule has 1 aromatic rings. The number of amides is 2. The van der Waals surface area contributed by atoms with Gasteiger partial charge in [-0.1, -0.05) is 18.5 Å². The molecule has 1 atom stereocenters. The molecule has 0 bridgehead atoms. The lowest BCUT2D eigenvalue weighted by Crippen LogP contribution is -2.33. The summed E-state index contributed by atoms with van der Waals surface area (Å²) >= 11 is 5.82. The van der Waals surface area contributed by atoms with Crippen LogP contribution >= 0.6 is 11.6 Å². The fraction of sp³-hybridized carbons (Fsp3) is 0.429. The number of urea groups is 1. The van der Waals surface area contributed by atoms with Crippen LogP contribution in [0.15, 0.2) is 18.2 Å². The number of carboxylic acids is 1. The molecule has 1 saturated carbocycles. The van der Waals surface area contributed by atoms with Gasteiger partial charge in [0.15, 0.2) is 0 Å². The molecule has 0 saturated heterocycles. The number of carboxylic acid groups (broad SMARTS) is 1. The molecule has 5 nitrogen and oxygen atoms in total. The van der Waals surface area contributed by atoms with Gasteiger partial charge in [0, 0.05) is 11.6 Å². The Labute approximate surface area is 122 Å². The molecule has 2 rings (SSSR count). The van der Waals surface area contributed by atoms with Crippen LogP contribution in [0.3, 0.4) is 0 Å². The number of hydrogen-bond acceptors (Lipinski definition) is 2. The predicted octanol–water partition coefficient (Wildman–Crippen LogP) is 3.21. The van der Waals surface area contributed by atoms with Crippen LogP contribution in [0.5, 0.6) is 0 Å². The van der Waals surface area contributed by atoms with E-state index in [4.69, 9.17) is 16.7 Å². The van der Waals surface area contributed by atoms with Gasteiger partial charge in [-0.3, -0.25) is 0 Å². The summed E-state index contributed by atoms with van der Waals surface area (Å²) in [6.45, 7) is 2.68. The van der Waals surface area contributed by atoms with Crippen LogP contribution in [0.2, 0.25) is 5.02 Å². The molecule has 0 aromatic heterocycles. The normalized spacial score (nSPS) is 15.5. The number of halogens is 1. The standard InChI is InChI=1S/C14H17ClN2O3/c1-8(9-2-3-9)7-16-14(20)17-12-6-10(15)4-5-11(12)13(18)19/h4-6,8-9H,2-3,7H2,1H3,(H,18,19)(H2,16,17,20). The first-order valence-electron chi connectivity index (χ1n) is 6.55. The third-order valence-corrected chi connectivity index (χ3v) is 3.71. The van der Waals surface area contributed by atoms with Gasteiger partial charge < -0.3 is 15.7 Å². The average molecular weight is 297 g/mol. The van der Waals surface area contributed by atoms with Crippen LogP contribution in [0.1, 0.15) is 30.1 Å². The Balaban J connectivity index is 1.95. The number of hydrogen-bond donors (Lipinski definition) is 3. The molecule has 1 unspecified atom stereocenters. The van der Waals surface area contributed by atoms with Crippen molar-refractivity contribution in [1.29, 1.82) is 0 Å². The van der Waals surface area contributed by atoms with Crippen molar-refractivity contribution in [2.45, 2.75) is 19.8 Å². The third kappa shape index (κ3) is 3.87. The molecule has 1 aliphatic rings. The van der Waals surface area contributed by atoms with Crippen LogP contribution in [0.4, 0.5) is 10.5 Å². The number of nitrogens with one attached hydrogen (secondary N) is 2. The molecule has 3 N–H and O–H groups in total. The molecule has 1 aromatic carbocycles. The topological polar surface area (TPSA) is 78.4 Å². The molecule has 2 amide bonds. The van der Waals surface area contributed by atoms with E-state index in [0.717, 1.165) is 0 Å². The van der Waals surface area contributed by atoms with Crippen LogP contribution < -0.4 is 10.6 Å². The maximum absolute atomic E-state index is 11.8. The molecule has 0 radical (unpaired) electrons. The van der Waals surface area contributed by atoms with Gasteiger partial charge in [-0.05, 0) is 42.9 Å². The molecule has 1 fully saturated rings. The molecular weight excluding hydrogens is 280 g/mol. The molecule has 1 aliphatic carbocycles. The maximum Gasteiger partial charge on any atom is 0.337 e. The molecule has 0 heterocycles. The number of benzene rings is 1. The number of anilines is 1. The number of carbonyl (C=O) groups excluding carboxylic acids is 1. The SMILES string of the molecule is CC(CNC(=O)Nc1cc(Cl)ccc1C(=O)O)C1CC1. The van der Waals surface area contributed by atoms with E-state index in [-0.39, 0.29) is 11.3 Å². The molecule has 6 heteroatoms. The second kappa shape index (κ2) is 6.13. The summed E-state index contributed by atoms with van der Waals surface area (Å²) in [4.78, 5) is 22.9. The monoisotopic (exact) mass is 296 g/mol. The molecule has 20 heavy (non-hydrogen) atoms. The summed E-state index contributed by atoms with van der Waals surface area (Å²) in [7, 11) is 0. The van der Waals surface area contributed by atoms with E-state index >= 15 is 0 Å². The minimum absolute atomic E-state index is 0.0137. The fourth-order valence-electron chi connectivity index (χ4n) is 2.06. The van der Waals surface area contributed by atoms with E-state index in [1.165, 1.54) is 31.0 Å². The van der Waals surface area contributed by atoms with E-state index in [1.807, 2.05) is 0 Å². The third-order valence-electron chi connectivity index (χ3n) is 3.47. The van der Waals surface area contributed by atoms with Gasteiger partial charge in [0.2, 0.25) is 0 Å². The summed E-state index contributed by atoms with van der Waals surface area (Å²) in [5, 5.41) is 14.7. The highest BCUT2D eigenvalue weighted by Crippen LogP contribution is 2.36. The van der Waals surface area contributed by atoms with Crippen molar-refractivity contribution < 1.29 is 14.7 Å². The molecule has 0 aliphatic heterocycles. The Morgan fingerprint density at radius 3 is 2.75 bits per heavy atom. The minimum atomic E-state index is -1.11. The second-order valence-electron chi connectivity index (χ2n) is 5.14. The smallest absolute Gasteiger partial charge is 0.337 e. The van der Waals surface area contributed by atoms with Gasteiger partial charge in [0.05, 0.1) is 11.3 Å². The highest BCUT2D eigenvalue weighted by molar-refractivity contribution is 6.31. The van der Waals surface area contributed by atoms with Gasteiger partial charge in [-0.2, -0.15) is 0 Å². The minimum Gasteiger partial charge on any atom is -0.478 e. The first-order chi connectivity index (χ1) is 9.47. The number of carbonyl (C=O) groups is 2. The summed E-state index contributed by atoms with van der Waals surface area (Å²) in [6, 6.07) is 3.85. The van der Waals surface area contributed by atoms with Crippen molar-refractivity contribution in [3.8, 4) is 0 Å². The van der Waals surface area contributed by atoms with Crippen LogP contribution in [-0.4, -0.2) is 23.7 Å². The molecule has 0 spiro atoms. The highest BCUT2D eigenvalue weighted by Gasteiger charge is 2.27. The number of rotatable bonds is 5. The van der Waals surface area contributed by atoms with Gasteiger partial charge in [0.25, 0.3) is 0 Å². The first kappa shape index (κ1) is 14.7. The Kier molecular flexibility index (Phi) is 4.49. The van der Waals surface area contributed by atoms with Gasteiger partial charge >= 0.3 is 12.0 Å². The van der Waals surface area contributed by atoms with Crippen molar-refractivity contribution in [3.05, 3.63) is 28.8 Å². The van der Waals surface area contributed by atoms with E-state index in [0.29, 0.717) is 23.4 Å². The number of aromatic carboxylic acids is 1. The molecule has 108 valence electrons. The van der Waals surface area contributed by atoms with E-state index < -0.39 is 12.0 Å². The van der Waals surface area contributed by atoms with E-state index in [2.05, 4.69) is 17.6 Å². The Hall–Kier alpha value is -1.75. The van der Waals surface area contributed by atoms with Crippen molar-refractivity contribution >= 4 is 29.3 Å². The van der Waals surface area contributed by atoms with Crippen molar-refractivity contribution in [2.24, 2.45) is 11.8 Å². The summed E-state index contributed by atoms with van der Waals surface area (Å²) in [6.07, 6.45) is 2.45. The van der Waals surface area contributed by atoms with Crippen LogP contribution in [0, 0.1) is 11.8 Å². The quantitative estimate of drug-likeness (QED) is 0.780. The van der Waals surface area contributed by atoms with E-state index in [1.54, 1.807) is 0 Å². The Morgan fingerprint density at radius 2 is 2.15 bits per heavy atom. The maximum atomic E-state index is 11.8. The Morgan fingerprint density at radius 1 is 1.45 bits per heavy atom. The van der Waals surface area contributed by atoms with Crippen LogP contribution in [-0.2, 0) is 0 Å². The molecular formula is C14H17ClN2O3. The van der Waals surface area contributed by atoms with E-state index in [9.17, 15) is 9.59 Å². The lowest BCUT2D eigenvalue weighted by atomic mass is 10.1. The fourth-order valence-corrected chi connectivity index (χ4v) is 2.23. The lowest BCUT2D eigenvalue weighted by Gasteiger charge is -2.13. The zero-order chi connectivity index (χ0) is 14.7. The average Bonchev–Trinajstić information content (AvgIpc) is 3.19. The van der Waals surface area contributed by atoms with Gasteiger partial charge in [0.1, 0.15) is 0 Å². The van der Waals surface area contributed by atoms with Crippen molar-refractivity contribution in [2.75, 3.05) is 11.9 Å². The highest BCUT2D eigenvalue weighted by atomic mass is 35.5. The van der Waals surface area contributed by atoms with Gasteiger partial charge in [-0.25, -0.2) is 9.59 Å². The van der Waals surface area contributed by atoms with Crippen LogP contribution in [0.25, 0.3) is 0 Å². The summed E-state index contributed by atoms with van der Waals surface area (Å²) < 4.78 is 0. The Bertz CT molecular complexity index is 529. The summed E-state index contributed by atoms with van der Waals surface area (Å²) in [5.74, 6) is 0.0402. The van der Waals surface area contributed by atoms with Gasteiger partial charge in [-0.15, -0.1) is 0 Å². The predicted molar refractivity (Wildman–Crippen MR) is 77.3 cm³/mol. The largest absolute Gasteiger partial charge is 0.478 e.